The summed E-state index contributed by atoms with van der Waals surface area (Å²) in [6.45, 7) is 5.76. The second kappa shape index (κ2) is 9.34. The average molecular weight is 266 g/mol. The third kappa shape index (κ3) is 8.23. The highest BCUT2D eigenvalue weighted by atomic mass is 16.5. The van der Waals surface area contributed by atoms with E-state index in [2.05, 4.69) is 18.3 Å². The second-order valence-electron chi connectivity index (χ2n) is 5.99. The van der Waals surface area contributed by atoms with Gasteiger partial charge in [0.15, 0.2) is 0 Å². The number of hydrogen-bond acceptors (Lipinski definition) is 3. The first-order chi connectivity index (χ1) is 9.20. The van der Waals surface area contributed by atoms with E-state index in [1.165, 1.54) is 44.9 Å². The largest absolute Gasteiger partial charge is 0.381 e. The van der Waals surface area contributed by atoms with Crippen LogP contribution in [0, 0.1) is 11.3 Å². The monoisotopic (exact) mass is 266 g/mol. The lowest BCUT2D eigenvalue weighted by Gasteiger charge is -2.23. The van der Waals surface area contributed by atoms with Gasteiger partial charge in [-0.1, -0.05) is 39.0 Å². The van der Waals surface area contributed by atoms with Crippen LogP contribution in [0.3, 0.4) is 0 Å². The van der Waals surface area contributed by atoms with Gasteiger partial charge in [-0.05, 0) is 26.2 Å². The fraction of sp³-hybridized carbons (Fsp3) is 0.938. The molecule has 3 nitrogen and oxygen atoms in total. The van der Waals surface area contributed by atoms with Crippen molar-refractivity contribution < 1.29 is 4.74 Å². The topological polar surface area (TPSA) is 45.0 Å². The van der Waals surface area contributed by atoms with E-state index in [4.69, 9.17) is 4.74 Å². The third-order valence-corrected chi connectivity index (χ3v) is 3.74. The van der Waals surface area contributed by atoms with E-state index < -0.39 is 5.54 Å². The van der Waals surface area contributed by atoms with Crippen molar-refractivity contribution in [3.8, 4) is 6.07 Å². The van der Waals surface area contributed by atoms with Crippen LogP contribution in [-0.4, -0.2) is 24.8 Å². The zero-order valence-corrected chi connectivity index (χ0v) is 12.7. The Balaban J connectivity index is 1.92. The maximum Gasteiger partial charge on any atom is 0.106 e. The van der Waals surface area contributed by atoms with Crippen LogP contribution in [0.5, 0.6) is 0 Å². The fourth-order valence-corrected chi connectivity index (χ4v) is 2.20. The smallest absolute Gasteiger partial charge is 0.106 e. The highest BCUT2D eigenvalue weighted by Crippen LogP contribution is 2.23. The Bertz CT molecular complexity index is 270. The zero-order chi connectivity index (χ0) is 14.0. The van der Waals surface area contributed by atoms with E-state index in [1.54, 1.807) is 0 Å². The Kier molecular flexibility index (Phi) is 8.09. The maximum atomic E-state index is 9.22. The van der Waals surface area contributed by atoms with Crippen molar-refractivity contribution >= 4 is 0 Å². The molecular formula is C16H30N2O. The first-order valence-electron chi connectivity index (χ1n) is 7.97. The standard InChI is InChI=1S/C16H30N2O/c1-3-4-5-6-7-8-12-19-13-11-16(2,14-17)18-15-9-10-15/h15,18H,3-13H2,1-2H3. The summed E-state index contributed by atoms with van der Waals surface area (Å²) in [6.07, 6.45) is 11.0. The quantitative estimate of drug-likeness (QED) is 0.547. The van der Waals surface area contributed by atoms with Gasteiger partial charge in [-0.25, -0.2) is 0 Å². The van der Waals surface area contributed by atoms with Gasteiger partial charge >= 0.3 is 0 Å². The third-order valence-electron chi connectivity index (χ3n) is 3.74. The van der Waals surface area contributed by atoms with Crippen LogP contribution in [0.4, 0.5) is 0 Å². The van der Waals surface area contributed by atoms with Crippen molar-refractivity contribution in [2.45, 2.75) is 83.2 Å². The molecule has 19 heavy (non-hydrogen) atoms. The average Bonchev–Trinajstić information content (AvgIpc) is 3.20. The number of ether oxygens (including phenoxy) is 1. The van der Waals surface area contributed by atoms with Crippen LogP contribution in [0.15, 0.2) is 0 Å². The van der Waals surface area contributed by atoms with Gasteiger partial charge < -0.3 is 4.74 Å². The van der Waals surface area contributed by atoms with Crippen molar-refractivity contribution in [2.24, 2.45) is 0 Å². The molecule has 3 heteroatoms. The van der Waals surface area contributed by atoms with Gasteiger partial charge in [-0.3, -0.25) is 5.32 Å². The van der Waals surface area contributed by atoms with E-state index in [0.717, 1.165) is 19.4 Å². The van der Waals surface area contributed by atoms with Crippen LogP contribution >= 0.6 is 0 Å². The zero-order valence-electron chi connectivity index (χ0n) is 12.7. The summed E-state index contributed by atoms with van der Waals surface area (Å²) in [7, 11) is 0. The highest BCUT2D eigenvalue weighted by molar-refractivity contribution is 5.06. The lowest BCUT2D eigenvalue weighted by atomic mass is 10.0. The minimum absolute atomic E-state index is 0.401. The lowest BCUT2D eigenvalue weighted by molar-refractivity contribution is 0.114. The Morgan fingerprint density at radius 3 is 2.47 bits per heavy atom. The SMILES string of the molecule is CCCCCCCCOCCC(C)(C#N)NC1CC1. The summed E-state index contributed by atoms with van der Waals surface area (Å²) in [5, 5.41) is 12.6. The highest BCUT2D eigenvalue weighted by Gasteiger charge is 2.32. The predicted molar refractivity (Wildman–Crippen MR) is 79.0 cm³/mol. The number of hydrogen-bond donors (Lipinski definition) is 1. The molecule has 0 saturated heterocycles. The van der Waals surface area contributed by atoms with E-state index in [-0.39, 0.29) is 0 Å². The summed E-state index contributed by atoms with van der Waals surface area (Å²) < 4.78 is 5.65. The molecule has 0 aromatic heterocycles. The molecule has 0 spiro atoms. The lowest BCUT2D eigenvalue weighted by Crippen LogP contribution is -2.43. The number of unbranched alkanes of at least 4 members (excludes halogenated alkanes) is 5. The molecule has 110 valence electrons. The molecule has 0 aromatic rings. The molecular weight excluding hydrogens is 236 g/mol. The van der Waals surface area contributed by atoms with Crippen molar-refractivity contribution in [3.63, 3.8) is 0 Å². The van der Waals surface area contributed by atoms with Crippen molar-refractivity contribution in [1.82, 2.24) is 5.32 Å². The molecule has 1 aliphatic carbocycles. The van der Waals surface area contributed by atoms with Gasteiger partial charge in [0.2, 0.25) is 0 Å². The van der Waals surface area contributed by atoms with E-state index in [1.807, 2.05) is 6.92 Å². The normalized spacial score (nSPS) is 17.9. The first kappa shape index (κ1) is 16.5. The van der Waals surface area contributed by atoms with Crippen molar-refractivity contribution in [2.75, 3.05) is 13.2 Å². The molecule has 1 fully saturated rings. The van der Waals surface area contributed by atoms with Gasteiger partial charge in [0.1, 0.15) is 5.54 Å². The Labute approximate surface area is 118 Å². The van der Waals surface area contributed by atoms with Crippen LogP contribution in [0.1, 0.15) is 71.6 Å². The summed E-state index contributed by atoms with van der Waals surface area (Å²) in [5.74, 6) is 0. The minimum Gasteiger partial charge on any atom is -0.381 e. The summed E-state index contributed by atoms with van der Waals surface area (Å²) in [4.78, 5) is 0. The Hall–Kier alpha value is -0.590. The summed E-state index contributed by atoms with van der Waals surface area (Å²) >= 11 is 0. The molecule has 0 bridgehead atoms. The number of rotatable bonds is 12. The predicted octanol–water partition coefficient (Wildman–Crippen LogP) is 3.79. The molecule has 1 atom stereocenters. The van der Waals surface area contributed by atoms with Crippen molar-refractivity contribution in [3.05, 3.63) is 0 Å². The van der Waals surface area contributed by atoms with Crippen LogP contribution in [0.2, 0.25) is 0 Å². The summed E-state index contributed by atoms with van der Waals surface area (Å²) in [5.41, 5.74) is -0.401. The molecule has 1 saturated carbocycles. The van der Waals surface area contributed by atoms with E-state index in [9.17, 15) is 5.26 Å². The molecule has 0 radical (unpaired) electrons. The minimum atomic E-state index is -0.401. The second-order valence-corrected chi connectivity index (χ2v) is 5.99. The maximum absolute atomic E-state index is 9.22. The number of nitrogens with zero attached hydrogens (tertiary/aromatic N) is 1. The molecule has 0 heterocycles. The number of nitrogens with one attached hydrogen (secondary N) is 1. The van der Waals surface area contributed by atoms with Crippen LogP contribution in [-0.2, 0) is 4.74 Å². The van der Waals surface area contributed by atoms with Crippen LogP contribution < -0.4 is 5.32 Å². The molecule has 1 aliphatic rings. The molecule has 1 rings (SSSR count). The molecule has 1 unspecified atom stereocenters. The van der Waals surface area contributed by atoms with Gasteiger partial charge in [-0.15, -0.1) is 0 Å². The number of nitriles is 1. The van der Waals surface area contributed by atoms with Gasteiger partial charge in [-0.2, -0.15) is 5.26 Å². The van der Waals surface area contributed by atoms with Gasteiger partial charge in [0, 0.05) is 25.7 Å². The molecule has 1 N–H and O–H groups in total. The van der Waals surface area contributed by atoms with Crippen LogP contribution in [0.25, 0.3) is 0 Å². The summed E-state index contributed by atoms with van der Waals surface area (Å²) in [6, 6.07) is 2.96. The Morgan fingerprint density at radius 1 is 1.16 bits per heavy atom. The fourth-order valence-electron chi connectivity index (χ4n) is 2.20. The van der Waals surface area contributed by atoms with Crippen molar-refractivity contribution in [1.29, 1.82) is 5.26 Å². The van der Waals surface area contributed by atoms with E-state index >= 15 is 0 Å². The molecule has 0 aliphatic heterocycles. The van der Waals surface area contributed by atoms with E-state index in [0.29, 0.717) is 12.6 Å². The first-order valence-corrected chi connectivity index (χ1v) is 7.97. The van der Waals surface area contributed by atoms with Gasteiger partial charge in [0.25, 0.3) is 0 Å². The Morgan fingerprint density at radius 2 is 1.84 bits per heavy atom. The molecule has 0 amide bonds. The van der Waals surface area contributed by atoms with Gasteiger partial charge in [0.05, 0.1) is 6.07 Å². The molecule has 0 aromatic carbocycles.